The van der Waals surface area contributed by atoms with Crippen LogP contribution in [0.2, 0.25) is 0 Å². The van der Waals surface area contributed by atoms with E-state index in [1.165, 1.54) is 10.0 Å². The summed E-state index contributed by atoms with van der Waals surface area (Å²) in [6.07, 6.45) is 2.88. The van der Waals surface area contributed by atoms with Gasteiger partial charge in [-0.05, 0) is 12.8 Å². The highest BCUT2D eigenvalue weighted by molar-refractivity contribution is 5.77. The molecule has 0 aromatic carbocycles. The second-order valence-corrected chi connectivity index (χ2v) is 5.15. The molecule has 6 N–H and O–H groups in total. The van der Waals surface area contributed by atoms with Crippen LogP contribution in [0.1, 0.15) is 32.6 Å². The predicted octanol–water partition coefficient (Wildman–Crippen LogP) is -0.831. The molecule has 0 atom stereocenters. The molecule has 0 aliphatic rings. The van der Waals surface area contributed by atoms with E-state index in [-0.39, 0.29) is 26.3 Å². The molecule has 0 aliphatic carbocycles. The molecule has 0 aliphatic heterocycles. The van der Waals surface area contributed by atoms with Gasteiger partial charge in [-0.25, -0.2) is 20.4 Å². The van der Waals surface area contributed by atoms with Crippen LogP contribution in [0.4, 0.5) is 9.59 Å². The molecular formula is C14H32N6O4. The number of nitrogens with one attached hydrogen (secondary N) is 4. The van der Waals surface area contributed by atoms with Crippen LogP contribution >= 0.6 is 0 Å². The maximum absolute atomic E-state index is 12.2. The largest absolute Gasteiger partial charge is 0.394 e. The van der Waals surface area contributed by atoms with Gasteiger partial charge in [0.2, 0.25) is 0 Å². The molecule has 0 spiro atoms. The molecule has 0 radical (unpaired) electrons. The molecule has 0 rings (SSSR count). The number of rotatable bonds is 12. The Labute approximate surface area is 143 Å². The van der Waals surface area contributed by atoms with Gasteiger partial charge in [0.05, 0.1) is 26.3 Å². The Hall–Kier alpha value is -1.62. The van der Waals surface area contributed by atoms with Crippen LogP contribution in [0, 0.1) is 0 Å². The van der Waals surface area contributed by atoms with Crippen molar-refractivity contribution in [1.29, 1.82) is 0 Å². The Morgan fingerprint density at radius 2 is 1.38 bits per heavy atom. The van der Waals surface area contributed by atoms with Gasteiger partial charge in [-0.1, -0.05) is 19.8 Å². The van der Waals surface area contributed by atoms with E-state index in [9.17, 15) is 9.59 Å². The number of aliphatic hydroxyl groups is 2. The second-order valence-electron chi connectivity index (χ2n) is 5.15. The first-order chi connectivity index (χ1) is 11.5. The van der Waals surface area contributed by atoms with Crippen molar-refractivity contribution < 1.29 is 19.8 Å². The minimum absolute atomic E-state index is 0.130. The van der Waals surface area contributed by atoms with Crippen LogP contribution in [0.25, 0.3) is 0 Å². The molecule has 142 valence electrons. The Balaban J connectivity index is 4.77. The quantitative estimate of drug-likeness (QED) is 0.155. The number of hydrogen-bond acceptors (Lipinski definition) is 6. The van der Waals surface area contributed by atoms with Crippen LogP contribution < -0.4 is 21.5 Å². The average molecular weight is 348 g/mol. The third-order valence-electron chi connectivity index (χ3n) is 3.37. The van der Waals surface area contributed by atoms with E-state index in [0.29, 0.717) is 6.42 Å². The number of carbonyl (C=O) groups is 2. The lowest BCUT2D eigenvalue weighted by atomic mass is 10.2. The molecule has 0 heterocycles. The van der Waals surface area contributed by atoms with Crippen molar-refractivity contribution in [2.45, 2.75) is 38.8 Å². The zero-order chi connectivity index (χ0) is 18.4. The number of carbonyl (C=O) groups excluding carboxylic acids is 2. The van der Waals surface area contributed by atoms with E-state index < -0.39 is 18.2 Å². The number of hydrogen-bond donors (Lipinski definition) is 6. The van der Waals surface area contributed by atoms with Crippen molar-refractivity contribution in [3.05, 3.63) is 0 Å². The third-order valence-corrected chi connectivity index (χ3v) is 3.37. The molecule has 0 aromatic heterocycles. The van der Waals surface area contributed by atoms with Crippen molar-refractivity contribution in [3.63, 3.8) is 0 Å². The Bertz CT molecular complexity index is 330. The lowest BCUT2D eigenvalue weighted by Crippen LogP contribution is -2.58. The summed E-state index contributed by atoms with van der Waals surface area (Å²) in [5.74, 6) is 0. The highest BCUT2D eigenvalue weighted by atomic mass is 16.3. The minimum Gasteiger partial charge on any atom is -0.394 e. The van der Waals surface area contributed by atoms with E-state index >= 15 is 0 Å². The molecule has 0 fully saturated rings. The first-order valence-corrected chi connectivity index (χ1v) is 8.26. The van der Waals surface area contributed by atoms with Gasteiger partial charge in [-0.15, -0.1) is 0 Å². The fourth-order valence-corrected chi connectivity index (χ4v) is 2.06. The smallest absolute Gasteiger partial charge is 0.333 e. The SMILES string of the molecule is CCCCCC(NC(=O)N(CCO)NC)NC(=O)N(CCO)NC. The lowest BCUT2D eigenvalue weighted by Gasteiger charge is -2.28. The van der Waals surface area contributed by atoms with E-state index in [1.54, 1.807) is 14.1 Å². The molecule has 4 amide bonds. The molecule has 0 aromatic rings. The standard InChI is InChI=1S/C14H32N6O4/c1-4-5-6-7-12(17-13(23)19(15-2)8-10-21)18-14(24)20(16-3)9-11-22/h12,15-16,21-22H,4-11H2,1-3H3,(H,17,23)(H,18,24). The monoisotopic (exact) mass is 348 g/mol. The first kappa shape index (κ1) is 22.4. The summed E-state index contributed by atoms with van der Waals surface area (Å²) >= 11 is 0. The molecule has 0 unspecified atom stereocenters. The maximum Gasteiger partial charge on any atom is 0.333 e. The van der Waals surface area contributed by atoms with Crippen molar-refractivity contribution in [2.24, 2.45) is 0 Å². The van der Waals surface area contributed by atoms with Crippen LogP contribution in [0.5, 0.6) is 0 Å². The zero-order valence-electron chi connectivity index (χ0n) is 14.8. The van der Waals surface area contributed by atoms with E-state index in [0.717, 1.165) is 19.3 Å². The third kappa shape index (κ3) is 8.87. The maximum atomic E-state index is 12.2. The van der Waals surface area contributed by atoms with Crippen molar-refractivity contribution >= 4 is 12.1 Å². The lowest BCUT2D eigenvalue weighted by molar-refractivity contribution is 0.140. The van der Waals surface area contributed by atoms with Gasteiger partial charge in [0.15, 0.2) is 0 Å². The van der Waals surface area contributed by atoms with E-state index in [1.807, 2.05) is 0 Å². The summed E-state index contributed by atoms with van der Waals surface area (Å²) < 4.78 is 0. The van der Waals surface area contributed by atoms with E-state index in [2.05, 4.69) is 28.4 Å². The Kier molecular flexibility index (Phi) is 12.9. The average Bonchev–Trinajstić information content (AvgIpc) is 2.57. The van der Waals surface area contributed by atoms with Crippen molar-refractivity contribution in [1.82, 2.24) is 31.5 Å². The van der Waals surface area contributed by atoms with Gasteiger partial charge in [0.25, 0.3) is 0 Å². The van der Waals surface area contributed by atoms with Crippen LogP contribution in [-0.2, 0) is 0 Å². The summed E-state index contributed by atoms with van der Waals surface area (Å²) in [4.78, 5) is 24.3. The fourth-order valence-electron chi connectivity index (χ4n) is 2.06. The van der Waals surface area contributed by atoms with Gasteiger partial charge in [0.1, 0.15) is 6.17 Å². The molecule has 10 heteroatoms. The number of amides is 4. The van der Waals surface area contributed by atoms with Gasteiger partial charge in [-0.2, -0.15) is 0 Å². The summed E-state index contributed by atoms with van der Waals surface area (Å²) in [6, 6.07) is -0.877. The van der Waals surface area contributed by atoms with Gasteiger partial charge >= 0.3 is 12.1 Å². The second kappa shape index (κ2) is 13.8. The fraction of sp³-hybridized carbons (Fsp3) is 0.857. The number of hydrazine groups is 2. The number of urea groups is 2. The number of aliphatic hydroxyl groups excluding tert-OH is 2. The number of nitrogens with zero attached hydrogens (tertiary/aromatic N) is 2. The van der Waals surface area contributed by atoms with E-state index in [4.69, 9.17) is 10.2 Å². The highest BCUT2D eigenvalue weighted by Gasteiger charge is 2.20. The van der Waals surface area contributed by atoms with Crippen LogP contribution in [-0.4, -0.2) is 78.9 Å². The number of unbranched alkanes of at least 4 members (excludes halogenated alkanes) is 2. The Morgan fingerprint density at radius 1 is 0.917 bits per heavy atom. The Morgan fingerprint density at radius 3 is 1.71 bits per heavy atom. The molecular weight excluding hydrogens is 316 g/mol. The van der Waals surface area contributed by atoms with Crippen LogP contribution in [0.15, 0.2) is 0 Å². The topological polar surface area (TPSA) is 129 Å². The highest BCUT2D eigenvalue weighted by Crippen LogP contribution is 2.03. The summed E-state index contributed by atoms with van der Waals surface area (Å²) in [7, 11) is 3.15. The molecule has 0 saturated heterocycles. The zero-order valence-corrected chi connectivity index (χ0v) is 14.8. The minimum atomic E-state index is -0.555. The summed E-state index contributed by atoms with van der Waals surface area (Å²) in [5.41, 5.74) is 5.35. The predicted molar refractivity (Wildman–Crippen MR) is 90.7 cm³/mol. The van der Waals surface area contributed by atoms with Gasteiger partial charge in [0, 0.05) is 14.1 Å². The molecule has 24 heavy (non-hydrogen) atoms. The normalized spacial score (nSPS) is 10.6. The first-order valence-electron chi connectivity index (χ1n) is 8.26. The van der Waals surface area contributed by atoms with Gasteiger partial charge in [-0.3, -0.25) is 10.0 Å². The summed E-state index contributed by atoms with van der Waals surface area (Å²) in [5, 5.41) is 25.8. The van der Waals surface area contributed by atoms with Crippen molar-refractivity contribution in [2.75, 3.05) is 40.4 Å². The molecule has 10 nitrogen and oxygen atoms in total. The summed E-state index contributed by atoms with van der Waals surface area (Å²) in [6.45, 7) is 1.98. The molecule has 0 saturated carbocycles. The van der Waals surface area contributed by atoms with Gasteiger partial charge < -0.3 is 20.8 Å². The van der Waals surface area contributed by atoms with Crippen LogP contribution in [0.3, 0.4) is 0 Å². The van der Waals surface area contributed by atoms with Crippen molar-refractivity contribution in [3.8, 4) is 0 Å². The molecule has 0 bridgehead atoms.